The monoisotopic (exact) mass is 252 g/mol. The van der Waals surface area contributed by atoms with Crippen LogP contribution < -0.4 is 0 Å². The van der Waals surface area contributed by atoms with Crippen LogP contribution in [0.15, 0.2) is 0 Å². The van der Waals surface area contributed by atoms with Gasteiger partial charge in [0.25, 0.3) is 0 Å². The number of carbonyl (C=O) groups excluding carboxylic acids is 1. The standard InChI is InChI=1S/C14H24N2O2/c1-18-13(17)14(5-3-6-14)11-15-8-9-16-7-2-4-12(16)10-15/h12H,2-11H2,1H3. The van der Waals surface area contributed by atoms with Crippen LogP contribution in [-0.2, 0) is 9.53 Å². The van der Waals surface area contributed by atoms with E-state index in [1.165, 1.54) is 39.5 Å². The fourth-order valence-electron chi connectivity index (χ4n) is 3.87. The predicted octanol–water partition coefficient (Wildman–Crippen LogP) is 1.11. The number of ether oxygens (including phenoxy) is 1. The van der Waals surface area contributed by atoms with Gasteiger partial charge in [-0.15, -0.1) is 0 Å². The molecule has 1 atom stereocenters. The van der Waals surface area contributed by atoms with Gasteiger partial charge >= 0.3 is 5.97 Å². The number of esters is 1. The smallest absolute Gasteiger partial charge is 0.313 e. The summed E-state index contributed by atoms with van der Waals surface area (Å²) in [6.07, 6.45) is 5.90. The summed E-state index contributed by atoms with van der Waals surface area (Å²) in [7, 11) is 1.53. The van der Waals surface area contributed by atoms with Gasteiger partial charge < -0.3 is 4.74 Å². The third kappa shape index (κ3) is 2.05. The molecule has 0 aromatic carbocycles. The molecule has 102 valence electrons. The second kappa shape index (κ2) is 4.82. The molecular formula is C14H24N2O2. The van der Waals surface area contributed by atoms with E-state index in [2.05, 4.69) is 9.80 Å². The van der Waals surface area contributed by atoms with Crippen molar-refractivity contribution >= 4 is 5.97 Å². The maximum Gasteiger partial charge on any atom is 0.313 e. The van der Waals surface area contributed by atoms with Gasteiger partial charge in [-0.3, -0.25) is 14.6 Å². The highest BCUT2D eigenvalue weighted by molar-refractivity contribution is 5.78. The average Bonchev–Trinajstić information content (AvgIpc) is 2.80. The van der Waals surface area contributed by atoms with Crippen molar-refractivity contribution in [2.45, 2.75) is 38.1 Å². The normalized spacial score (nSPS) is 31.7. The zero-order chi connectivity index (χ0) is 12.6. The molecule has 0 bridgehead atoms. The van der Waals surface area contributed by atoms with Gasteiger partial charge in [0.05, 0.1) is 12.5 Å². The highest BCUT2D eigenvalue weighted by Gasteiger charge is 2.47. The molecule has 0 radical (unpaired) electrons. The maximum atomic E-state index is 12.0. The molecule has 1 saturated carbocycles. The quantitative estimate of drug-likeness (QED) is 0.705. The van der Waals surface area contributed by atoms with Crippen molar-refractivity contribution in [3.8, 4) is 0 Å². The molecule has 1 unspecified atom stereocenters. The molecule has 4 nitrogen and oxygen atoms in total. The van der Waals surface area contributed by atoms with E-state index in [0.29, 0.717) is 0 Å². The van der Waals surface area contributed by atoms with Crippen LogP contribution >= 0.6 is 0 Å². The lowest BCUT2D eigenvalue weighted by Crippen LogP contribution is -2.55. The summed E-state index contributed by atoms with van der Waals surface area (Å²) in [5, 5.41) is 0. The largest absolute Gasteiger partial charge is 0.469 e. The Balaban J connectivity index is 1.60. The van der Waals surface area contributed by atoms with Crippen molar-refractivity contribution in [1.29, 1.82) is 0 Å². The van der Waals surface area contributed by atoms with Crippen LogP contribution in [0.25, 0.3) is 0 Å². The van der Waals surface area contributed by atoms with E-state index in [1.807, 2.05) is 0 Å². The van der Waals surface area contributed by atoms with E-state index in [1.54, 1.807) is 0 Å². The Hall–Kier alpha value is -0.610. The van der Waals surface area contributed by atoms with Crippen LogP contribution in [0.4, 0.5) is 0 Å². The number of carbonyl (C=O) groups is 1. The van der Waals surface area contributed by atoms with E-state index >= 15 is 0 Å². The first-order chi connectivity index (χ1) is 8.73. The molecule has 3 aliphatic rings. The molecular weight excluding hydrogens is 228 g/mol. The first-order valence-corrected chi connectivity index (χ1v) is 7.28. The Morgan fingerprint density at radius 3 is 2.78 bits per heavy atom. The average molecular weight is 252 g/mol. The Morgan fingerprint density at radius 2 is 2.11 bits per heavy atom. The lowest BCUT2D eigenvalue weighted by molar-refractivity contribution is -0.160. The zero-order valence-electron chi connectivity index (χ0n) is 11.4. The van der Waals surface area contributed by atoms with Gasteiger partial charge in [-0.05, 0) is 32.2 Å². The minimum absolute atomic E-state index is 0.0163. The van der Waals surface area contributed by atoms with Crippen LogP contribution in [0.1, 0.15) is 32.1 Å². The van der Waals surface area contributed by atoms with Gasteiger partial charge in [0.1, 0.15) is 0 Å². The molecule has 1 aliphatic carbocycles. The third-order valence-electron chi connectivity index (χ3n) is 5.13. The van der Waals surface area contributed by atoms with E-state index in [0.717, 1.165) is 38.5 Å². The van der Waals surface area contributed by atoms with Crippen LogP contribution in [0.3, 0.4) is 0 Å². The summed E-state index contributed by atoms with van der Waals surface area (Å²) in [5.74, 6) is 0.0163. The van der Waals surface area contributed by atoms with E-state index in [4.69, 9.17) is 4.74 Å². The van der Waals surface area contributed by atoms with Crippen LogP contribution in [0, 0.1) is 5.41 Å². The first-order valence-electron chi connectivity index (χ1n) is 7.28. The molecule has 0 N–H and O–H groups in total. The number of piperazine rings is 1. The second-order valence-corrected chi connectivity index (χ2v) is 6.19. The van der Waals surface area contributed by atoms with Gasteiger partial charge in [0.15, 0.2) is 0 Å². The topological polar surface area (TPSA) is 32.8 Å². The Labute approximate surface area is 109 Å². The van der Waals surface area contributed by atoms with Crippen LogP contribution in [0.5, 0.6) is 0 Å². The lowest BCUT2D eigenvalue weighted by atomic mass is 9.68. The number of methoxy groups -OCH3 is 1. The third-order valence-corrected chi connectivity index (χ3v) is 5.13. The number of rotatable bonds is 3. The van der Waals surface area contributed by atoms with Crippen molar-refractivity contribution in [3.05, 3.63) is 0 Å². The minimum atomic E-state index is -0.171. The van der Waals surface area contributed by atoms with Gasteiger partial charge in [-0.2, -0.15) is 0 Å². The number of hydrogen-bond acceptors (Lipinski definition) is 4. The summed E-state index contributed by atoms with van der Waals surface area (Å²) < 4.78 is 5.01. The molecule has 4 heteroatoms. The number of nitrogens with zero attached hydrogens (tertiary/aromatic N) is 2. The lowest BCUT2D eigenvalue weighted by Gasteiger charge is -2.45. The van der Waals surface area contributed by atoms with Crippen molar-refractivity contribution in [1.82, 2.24) is 9.80 Å². The van der Waals surface area contributed by atoms with Crippen LogP contribution in [-0.4, -0.2) is 61.6 Å². The summed E-state index contributed by atoms with van der Waals surface area (Å²) in [5.41, 5.74) is -0.171. The fourth-order valence-corrected chi connectivity index (χ4v) is 3.87. The van der Waals surface area contributed by atoms with E-state index in [-0.39, 0.29) is 11.4 Å². The molecule has 2 saturated heterocycles. The molecule has 2 heterocycles. The highest BCUT2D eigenvalue weighted by Crippen LogP contribution is 2.43. The molecule has 0 aromatic rings. The SMILES string of the molecule is COC(=O)C1(CN2CCN3CCCC3C2)CCC1. The number of hydrogen-bond donors (Lipinski definition) is 0. The van der Waals surface area contributed by atoms with E-state index in [9.17, 15) is 4.79 Å². The van der Waals surface area contributed by atoms with Crippen molar-refractivity contribution in [3.63, 3.8) is 0 Å². The summed E-state index contributed by atoms with van der Waals surface area (Å²) in [4.78, 5) is 17.1. The molecule has 18 heavy (non-hydrogen) atoms. The summed E-state index contributed by atoms with van der Waals surface area (Å²) >= 11 is 0. The van der Waals surface area contributed by atoms with Crippen molar-refractivity contribution < 1.29 is 9.53 Å². The minimum Gasteiger partial charge on any atom is -0.469 e. The van der Waals surface area contributed by atoms with Gasteiger partial charge in [0.2, 0.25) is 0 Å². The number of fused-ring (bicyclic) bond motifs is 1. The molecule has 3 rings (SSSR count). The van der Waals surface area contributed by atoms with E-state index < -0.39 is 0 Å². The Morgan fingerprint density at radius 1 is 1.28 bits per heavy atom. The fraction of sp³-hybridized carbons (Fsp3) is 0.929. The second-order valence-electron chi connectivity index (χ2n) is 6.19. The van der Waals surface area contributed by atoms with Crippen molar-refractivity contribution in [2.24, 2.45) is 5.41 Å². The van der Waals surface area contributed by atoms with Crippen LogP contribution in [0.2, 0.25) is 0 Å². The van der Waals surface area contributed by atoms with Gasteiger partial charge in [-0.25, -0.2) is 0 Å². The van der Waals surface area contributed by atoms with Gasteiger partial charge in [-0.1, -0.05) is 6.42 Å². The molecule has 2 aliphatic heterocycles. The zero-order valence-corrected chi connectivity index (χ0v) is 11.4. The van der Waals surface area contributed by atoms with Crippen molar-refractivity contribution in [2.75, 3.05) is 39.8 Å². The molecule has 0 aromatic heterocycles. The van der Waals surface area contributed by atoms with Gasteiger partial charge in [0, 0.05) is 32.2 Å². The summed E-state index contributed by atoms with van der Waals surface area (Å²) in [6, 6.07) is 0.744. The molecule has 0 amide bonds. The Kier molecular flexibility index (Phi) is 3.32. The predicted molar refractivity (Wildman–Crippen MR) is 69.3 cm³/mol. The maximum absolute atomic E-state index is 12.0. The molecule has 0 spiro atoms. The first kappa shape index (κ1) is 12.4. The summed E-state index contributed by atoms with van der Waals surface area (Å²) in [6.45, 7) is 5.65. The molecule has 3 fully saturated rings. The highest BCUT2D eigenvalue weighted by atomic mass is 16.5. The Bertz CT molecular complexity index is 328.